The fourth-order valence-electron chi connectivity index (χ4n) is 2.15. The Bertz CT molecular complexity index is 564. The van der Waals surface area contributed by atoms with Crippen LogP contribution in [0.3, 0.4) is 0 Å². The molecule has 1 atom stereocenters. The van der Waals surface area contributed by atoms with Gasteiger partial charge in [0.25, 0.3) is 0 Å². The van der Waals surface area contributed by atoms with E-state index < -0.39 is 6.10 Å². The number of hydrogen-bond donors (Lipinski definition) is 1. The van der Waals surface area contributed by atoms with E-state index in [1.807, 2.05) is 49.4 Å². The van der Waals surface area contributed by atoms with Crippen LogP contribution in [0.15, 0.2) is 42.5 Å². The number of aliphatic hydroxyl groups excluding tert-OH is 1. The largest absolute Gasteiger partial charge is 0.388 e. The summed E-state index contributed by atoms with van der Waals surface area (Å²) in [5.41, 5.74) is 4.07. The minimum absolute atomic E-state index is 0.517. The summed E-state index contributed by atoms with van der Waals surface area (Å²) in [7, 11) is 1.67. The number of aliphatic hydroxyl groups is 1. The number of rotatable bonds is 5. The summed E-state index contributed by atoms with van der Waals surface area (Å²) in [4.78, 5) is 0. The Hall–Kier alpha value is -1.35. The van der Waals surface area contributed by atoms with Gasteiger partial charge in [-0.15, -0.1) is 0 Å². The summed E-state index contributed by atoms with van der Waals surface area (Å²) in [6.07, 6.45) is -0.0327. The maximum atomic E-state index is 10.3. The predicted molar refractivity (Wildman–Crippen MR) is 82.0 cm³/mol. The standard InChI is InChI=1S/C17H19ClO2/c1-12-3-6-15(16(18)9-12)10-17(19)14-7-4-13(5-8-14)11-20-2/h3-9,17,19H,10-11H2,1-2H3. The van der Waals surface area contributed by atoms with Crippen molar-refractivity contribution in [2.24, 2.45) is 0 Å². The molecular weight excluding hydrogens is 272 g/mol. The second-order valence-electron chi connectivity index (χ2n) is 4.99. The van der Waals surface area contributed by atoms with Gasteiger partial charge in [0, 0.05) is 18.6 Å². The highest BCUT2D eigenvalue weighted by Crippen LogP contribution is 2.24. The molecule has 0 aliphatic rings. The molecule has 0 saturated carbocycles. The highest BCUT2D eigenvalue weighted by molar-refractivity contribution is 6.31. The first kappa shape index (κ1) is 15.0. The molecule has 1 N–H and O–H groups in total. The molecule has 2 aromatic rings. The van der Waals surface area contributed by atoms with E-state index in [9.17, 15) is 5.11 Å². The third-order valence-corrected chi connectivity index (χ3v) is 3.65. The van der Waals surface area contributed by atoms with Crippen LogP contribution in [0.25, 0.3) is 0 Å². The zero-order valence-electron chi connectivity index (χ0n) is 11.8. The summed E-state index contributed by atoms with van der Waals surface area (Å²) in [5, 5.41) is 11.0. The third kappa shape index (κ3) is 3.83. The molecule has 3 heteroatoms. The van der Waals surface area contributed by atoms with Crippen LogP contribution in [0, 0.1) is 6.92 Å². The van der Waals surface area contributed by atoms with Crippen molar-refractivity contribution in [3.8, 4) is 0 Å². The van der Waals surface area contributed by atoms with E-state index in [0.29, 0.717) is 18.1 Å². The normalized spacial score (nSPS) is 12.4. The molecule has 2 nitrogen and oxygen atoms in total. The van der Waals surface area contributed by atoms with E-state index >= 15 is 0 Å². The van der Waals surface area contributed by atoms with E-state index in [1.54, 1.807) is 7.11 Å². The van der Waals surface area contributed by atoms with E-state index in [0.717, 1.165) is 22.3 Å². The van der Waals surface area contributed by atoms with Gasteiger partial charge in [-0.05, 0) is 35.2 Å². The van der Waals surface area contributed by atoms with Crippen LogP contribution in [0.2, 0.25) is 5.02 Å². The number of aryl methyl sites for hydroxylation is 1. The van der Waals surface area contributed by atoms with Crippen molar-refractivity contribution in [3.05, 3.63) is 69.7 Å². The van der Waals surface area contributed by atoms with Crippen LogP contribution in [-0.4, -0.2) is 12.2 Å². The first-order valence-corrected chi connectivity index (χ1v) is 6.99. The van der Waals surface area contributed by atoms with Gasteiger partial charge in [0.1, 0.15) is 0 Å². The summed E-state index contributed by atoms with van der Waals surface area (Å²) < 4.78 is 5.07. The van der Waals surface area contributed by atoms with Crippen LogP contribution >= 0.6 is 11.6 Å². The first-order chi connectivity index (χ1) is 9.60. The maximum Gasteiger partial charge on any atom is 0.0830 e. The second-order valence-corrected chi connectivity index (χ2v) is 5.40. The van der Waals surface area contributed by atoms with E-state index in [2.05, 4.69) is 0 Å². The zero-order chi connectivity index (χ0) is 14.5. The molecule has 0 spiro atoms. The molecule has 106 valence electrons. The Kier molecular flexibility index (Phi) is 5.18. The molecule has 2 aromatic carbocycles. The molecule has 1 unspecified atom stereocenters. The molecule has 0 aliphatic heterocycles. The van der Waals surface area contributed by atoms with Crippen LogP contribution in [0.1, 0.15) is 28.4 Å². The van der Waals surface area contributed by atoms with Gasteiger partial charge in [-0.3, -0.25) is 0 Å². The van der Waals surface area contributed by atoms with E-state index in [4.69, 9.17) is 16.3 Å². The number of halogens is 1. The van der Waals surface area contributed by atoms with Gasteiger partial charge in [0.15, 0.2) is 0 Å². The maximum absolute atomic E-state index is 10.3. The topological polar surface area (TPSA) is 29.5 Å². The summed E-state index contributed by atoms with van der Waals surface area (Å²) in [6, 6.07) is 13.7. The summed E-state index contributed by atoms with van der Waals surface area (Å²) in [5.74, 6) is 0. The van der Waals surface area contributed by atoms with Crippen molar-refractivity contribution in [2.75, 3.05) is 7.11 Å². The molecule has 2 rings (SSSR count). The summed E-state index contributed by atoms with van der Waals surface area (Å²) in [6.45, 7) is 2.58. The molecule has 0 saturated heterocycles. The van der Waals surface area contributed by atoms with Gasteiger partial charge in [-0.1, -0.05) is 48.0 Å². The number of ether oxygens (including phenoxy) is 1. The van der Waals surface area contributed by atoms with E-state index in [-0.39, 0.29) is 0 Å². The fraction of sp³-hybridized carbons (Fsp3) is 0.294. The first-order valence-electron chi connectivity index (χ1n) is 6.61. The lowest BCUT2D eigenvalue weighted by atomic mass is 10.00. The Morgan fingerprint density at radius 2 is 1.85 bits per heavy atom. The van der Waals surface area contributed by atoms with Gasteiger partial charge in [0.05, 0.1) is 12.7 Å². The van der Waals surface area contributed by atoms with Crippen LogP contribution < -0.4 is 0 Å². The third-order valence-electron chi connectivity index (χ3n) is 3.30. The molecule has 0 fully saturated rings. The van der Waals surface area contributed by atoms with Gasteiger partial charge in [-0.25, -0.2) is 0 Å². The molecule has 0 heterocycles. The van der Waals surface area contributed by atoms with Crippen molar-refractivity contribution >= 4 is 11.6 Å². The Balaban J connectivity index is 2.09. The summed E-state index contributed by atoms with van der Waals surface area (Å²) >= 11 is 6.20. The molecule has 0 radical (unpaired) electrons. The second kappa shape index (κ2) is 6.89. The van der Waals surface area contributed by atoms with Crippen molar-refractivity contribution in [2.45, 2.75) is 26.1 Å². The van der Waals surface area contributed by atoms with Gasteiger partial charge < -0.3 is 9.84 Å². The lowest BCUT2D eigenvalue weighted by molar-refractivity contribution is 0.177. The van der Waals surface area contributed by atoms with Crippen molar-refractivity contribution in [1.29, 1.82) is 0 Å². The van der Waals surface area contributed by atoms with Gasteiger partial charge in [-0.2, -0.15) is 0 Å². The molecule has 0 aromatic heterocycles. The number of methoxy groups -OCH3 is 1. The van der Waals surface area contributed by atoms with Crippen LogP contribution in [-0.2, 0) is 17.8 Å². The Morgan fingerprint density at radius 1 is 1.15 bits per heavy atom. The molecule has 0 bridgehead atoms. The van der Waals surface area contributed by atoms with Crippen LogP contribution in [0.5, 0.6) is 0 Å². The lowest BCUT2D eigenvalue weighted by Gasteiger charge is -2.13. The van der Waals surface area contributed by atoms with Crippen molar-refractivity contribution in [1.82, 2.24) is 0 Å². The Labute approximate surface area is 125 Å². The van der Waals surface area contributed by atoms with Gasteiger partial charge in [0.2, 0.25) is 0 Å². The highest BCUT2D eigenvalue weighted by Gasteiger charge is 2.11. The highest BCUT2D eigenvalue weighted by atomic mass is 35.5. The van der Waals surface area contributed by atoms with Crippen LogP contribution in [0.4, 0.5) is 0 Å². The van der Waals surface area contributed by atoms with E-state index in [1.165, 1.54) is 0 Å². The molecule has 20 heavy (non-hydrogen) atoms. The molecule has 0 aliphatic carbocycles. The van der Waals surface area contributed by atoms with Gasteiger partial charge >= 0.3 is 0 Å². The molecule has 0 amide bonds. The smallest absolute Gasteiger partial charge is 0.0830 e. The average Bonchev–Trinajstić information content (AvgIpc) is 2.43. The minimum Gasteiger partial charge on any atom is -0.388 e. The lowest BCUT2D eigenvalue weighted by Crippen LogP contribution is -2.03. The fourth-order valence-corrected chi connectivity index (χ4v) is 2.46. The molecular formula is C17H19ClO2. The number of hydrogen-bond acceptors (Lipinski definition) is 2. The minimum atomic E-state index is -0.549. The zero-order valence-corrected chi connectivity index (χ0v) is 12.5. The number of benzene rings is 2. The quantitative estimate of drug-likeness (QED) is 0.899. The Morgan fingerprint density at radius 3 is 2.45 bits per heavy atom. The average molecular weight is 291 g/mol. The SMILES string of the molecule is COCc1ccc(C(O)Cc2ccc(C)cc2Cl)cc1. The monoisotopic (exact) mass is 290 g/mol. The van der Waals surface area contributed by atoms with Crippen molar-refractivity contribution in [3.63, 3.8) is 0 Å². The predicted octanol–water partition coefficient (Wildman–Crippen LogP) is 4.07. The van der Waals surface area contributed by atoms with Crippen molar-refractivity contribution < 1.29 is 9.84 Å².